The Morgan fingerprint density at radius 3 is 2.36 bits per heavy atom. The number of carbonyl (C=O) groups excluding carboxylic acids is 1. The fraction of sp³-hybridized carbons (Fsp3) is 0.600. The molecule has 1 saturated heterocycles. The number of nitrogens with zero attached hydrogens (tertiary/aromatic N) is 3. The number of carbonyl (C=O) groups is 1. The summed E-state index contributed by atoms with van der Waals surface area (Å²) in [6.07, 6.45) is -0.288. The first kappa shape index (κ1) is 21.7. The van der Waals surface area contributed by atoms with Crippen LogP contribution in [0.25, 0.3) is 0 Å². The van der Waals surface area contributed by atoms with Gasteiger partial charge >= 0.3 is 6.09 Å². The molecule has 0 bridgehead atoms. The lowest BCUT2D eigenvalue weighted by molar-refractivity contribution is 0.0186. The van der Waals surface area contributed by atoms with Gasteiger partial charge in [0.2, 0.25) is 0 Å². The van der Waals surface area contributed by atoms with Crippen LogP contribution in [0.4, 0.5) is 4.79 Å². The molecule has 0 spiro atoms. The molecule has 1 aliphatic rings. The van der Waals surface area contributed by atoms with Crippen molar-refractivity contribution >= 4 is 12.1 Å². The van der Waals surface area contributed by atoms with E-state index in [-0.39, 0.29) is 6.09 Å². The summed E-state index contributed by atoms with van der Waals surface area (Å²) >= 11 is 0. The number of methoxy groups -OCH3 is 1. The van der Waals surface area contributed by atoms with Crippen LogP contribution in [-0.4, -0.2) is 67.3 Å². The second-order valence-corrected chi connectivity index (χ2v) is 7.55. The molecule has 1 fully saturated rings. The van der Waals surface area contributed by atoms with Crippen LogP contribution < -0.4 is 15.2 Å². The molecule has 0 unspecified atom stereocenters. The van der Waals surface area contributed by atoms with Gasteiger partial charge in [-0.2, -0.15) is 0 Å². The Morgan fingerprint density at radius 2 is 1.79 bits per heavy atom. The van der Waals surface area contributed by atoms with Gasteiger partial charge < -0.3 is 29.7 Å². The lowest BCUT2D eigenvalue weighted by Crippen LogP contribution is -2.53. The second-order valence-electron chi connectivity index (χ2n) is 7.55. The first-order valence-electron chi connectivity index (χ1n) is 9.56. The molecular weight excluding hydrogens is 360 g/mol. The van der Waals surface area contributed by atoms with E-state index in [1.54, 1.807) is 12.0 Å². The molecule has 1 aromatic carbocycles. The maximum absolute atomic E-state index is 12.1. The lowest BCUT2D eigenvalue weighted by atomic mass is 10.2. The van der Waals surface area contributed by atoms with E-state index in [1.807, 2.05) is 50.8 Å². The third kappa shape index (κ3) is 6.21. The zero-order chi connectivity index (χ0) is 20.7. The van der Waals surface area contributed by atoms with Gasteiger partial charge in [0.25, 0.3) is 0 Å². The van der Waals surface area contributed by atoms with E-state index >= 15 is 0 Å². The van der Waals surface area contributed by atoms with E-state index in [4.69, 9.17) is 19.9 Å². The standard InChI is InChI=1S/C20H32N4O4/c1-6-27-16-8-7-15(13-17(16)26-5)14-22-18(21)23-9-11-24(12-10-23)19(25)28-20(2,3)4/h7-8,13H,6,9-12,14H2,1-5H3,(H2,21,22). The van der Waals surface area contributed by atoms with Gasteiger partial charge in [-0.25, -0.2) is 9.79 Å². The zero-order valence-corrected chi connectivity index (χ0v) is 17.5. The maximum atomic E-state index is 12.1. The summed E-state index contributed by atoms with van der Waals surface area (Å²) in [6, 6.07) is 5.73. The maximum Gasteiger partial charge on any atom is 0.410 e. The number of piperazine rings is 1. The predicted octanol–water partition coefficient (Wildman–Crippen LogP) is 2.46. The van der Waals surface area contributed by atoms with Crippen molar-refractivity contribution in [3.8, 4) is 11.5 Å². The van der Waals surface area contributed by atoms with Gasteiger partial charge in [-0.1, -0.05) is 6.07 Å². The molecule has 1 aliphatic heterocycles. The summed E-state index contributed by atoms with van der Waals surface area (Å²) in [5.41, 5.74) is 6.64. The molecule has 2 rings (SSSR count). The molecule has 2 N–H and O–H groups in total. The van der Waals surface area contributed by atoms with Crippen LogP contribution in [0.2, 0.25) is 0 Å². The molecular formula is C20H32N4O4. The Labute approximate surface area is 167 Å². The fourth-order valence-electron chi connectivity index (χ4n) is 2.80. The number of benzene rings is 1. The average molecular weight is 393 g/mol. The minimum absolute atomic E-state index is 0.288. The quantitative estimate of drug-likeness (QED) is 0.612. The van der Waals surface area contributed by atoms with Crippen LogP contribution in [-0.2, 0) is 11.3 Å². The summed E-state index contributed by atoms with van der Waals surface area (Å²) in [6.45, 7) is 10.9. The smallest absolute Gasteiger partial charge is 0.410 e. The Hall–Kier alpha value is -2.64. The van der Waals surface area contributed by atoms with Crippen LogP contribution in [0.3, 0.4) is 0 Å². The van der Waals surface area contributed by atoms with Crippen LogP contribution in [0.15, 0.2) is 23.2 Å². The predicted molar refractivity (Wildman–Crippen MR) is 109 cm³/mol. The fourth-order valence-corrected chi connectivity index (χ4v) is 2.80. The van der Waals surface area contributed by atoms with E-state index in [0.29, 0.717) is 56.8 Å². The third-order valence-corrected chi connectivity index (χ3v) is 4.21. The molecule has 0 aliphatic carbocycles. The molecule has 28 heavy (non-hydrogen) atoms. The number of hydrogen-bond acceptors (Lipinski definition) is 5. The summed E-state index contributed by atoms with van der Waals surface area (Å²) in [5.74, 6) is 1.86. The van der Waals surface area contributed by atoms with Crippen molar-refractivity contribution in [1.82, 2.24) is 9.80 Å². The van der Waals surface area contributed by atoms with Crippen LogP contribution in [0.5, 0.6) is 11.5 Å². The van der Waals surface area contributed by atoms with Crippen molar-refractivity contribution in [2.45, 2.75) is 39.8 Å². The molecule has 8 nitrogen and oxygen atoms in total. The highest BCUT2D eigenvalue weighted by Crippen LogP contribution is 2.28. The number of nitrogens with two attached hydrogens (primary N) is 1. The highest BCUT2D eigenvalue weighted by Gasteiger charge is 2.26. The average Bonchev–Trinajstić information content (AvgIpc) is 2.66. The SMILES string of the molecule is CCOc1ccc(CN=C(N)N2CCN(C(=O)OC(C)(C)C)CC2)cc1OC. The molecule has 156 valence electrons. The van der Waals surface area contributed by atoms with E-state index < -0.39 is 5.60 Å². The summed E-state index contributed by atoms with van der Waals surface area (Å²) in [4.78, 5) is 20.3. The highest BCUT2D eigenvalue weighted by atomic mass is 16.6. The van der Waals surface area contributed by atoms with Crippen molar-refractivity contribution < 1.29 is 19.0 Å². The zero-order valence-electron chi connectivity index (χ0n) is 17.5. The van der Waals surface area contributed by atoms with Crippen molar-refractivity contribution in [3.05, 3.63) is 23.8 Å². The number of ether oxygens (including phenoxy) is 3. The van der Waals surface area contributed by atoms with Gasteiger partial charge in [0.1, 0.15) is 5.60 Å². The largest absolute Gasteiger partial charge is 0.493 e. The minimum atomic E-state index is -0.493. The van der Waals surface area contributed by atoms with Crippen LogP contribution in [0, 0.1) is 0 Å². The molecule has 0 saturated carbocycles. The van der Waals surface area contributed by atoms with Crippen LogP contribution >= 0.6 is 0 Å². The number of guanidine groups is 1. The van der Waals surface area contributed by atoms with Gasteiger partial charge in [-0.05, 0) is 45.4 Å². The Morgan fingerprint density at radius 1 is 1.14 bits per heavy atom. The van der Waals surface area contributed by atoms with Gasteiger partial charge in [0.05, 0.1) is 20.3 Å². The van der Waals surface area contributed by atoms with Gasteiger partial charge in [-0.3, -0.25) is 0 Å². The summed E-state index contributed by atoms with van der Waals surface area (Å²) < 4.78 is 16.3. The van der Waals surface area contributed by atoms with E-state index in [0.717, 1.165) is 5.56 Å². The highest BCUT2D eigenvalue weighted by molar-refractivity contribution is 5.78. The number of amides is 1. The van der Waals surface area contributed by atoms with E-state index in [1.165, 1.54) is 0 Å². The normalized spacial score (nSPS) is 15.4. The molecule has 1 amide bonds. The van der Waals surface area contributed by atoms with Gasteiger partial charge in [0, 0.05) is 26.2 Å². The van der Waals surface area contributed by atoms with Crippen molar-refractivity contribution in [3.63, 3.8) is 0 Å². The number of aliphatic imine (C=N–C) groups is 1. The van der Waals surface area contributed by atoms with E-state index in [9.17, 15) is 4.79 Å². The summed E-state index contributed by atoms with van der Waals surface area (Å²) in [5, 5.41) is 0. The van der Waals surface area contributed by atoms with Gasteiger partial charge in [-0.15, -0.1) is 0 Å². The minimum Gasteiger partial charge on any atom is -0.493 e. The molecule has 0 aromatic heterocycles. The number of rotatable bonds is 5. The molecule has 1 heterocycles. The first-order chi connectivity index (χ1) is 13.2. The monoisotopic (exact) mass is 392 g/mol. The van der Waals surface area contributed by atoms with Gasteiger partial charge in [0.15, 0.2) is 17.5 Å². The summed E-state index contributed by atoms with van der Waals surface area (Å²) in [7, 11) is 1.61. The third-order valence-electron chi connectivity index (χ3n) is 4.21. The Kier molecular flexibility index (Phi) is 7.37. The molecule has 0 atom stereocenters. The van der Waals surface area contributed by atoms with Crippen molar-refractivity contribution in [2.75, 3.05) is 39.9 Å². The molecule has 0 radical (unpaired) electrons. The molecule has 1 aromatic rings. The Balaban J connectivity index is 1.90. The molecule has 8 heteroatoms. The number of hydrogen-bond donors (Lipinski definition) is 1. The first-order valence-corrected chi connectivity index (χ1v) is 9.56. The van der Waals surface area contributed by atoms with Crippen molar-refractivity contribution in [1.29, 1.82) is 0 Å². The topological polar surface area (TPSA) is 89.6 Å². The van der Waals surface area contributed by atoms with Crippen LogP contribution in [0.1, 0.15) is 33.3 Å². The van der Waals surface area contributed by atoms with Crippen molar-refractivity contribution in [2.24, 2.45) is 10.7 Å². The second kappa shape index (κ2) is 9.52. The Bertz CT molecular complexity index is 692. The lowest BCUT2D eigenvalue weighted by Gasteiger charge is -2.36. The van der Waals surface area contributed by atoms with E-state index in [2.05, 4.69) is 4.99 Å².